The summed E-state index contributed by atoms with van der Waals surface area (Å²) in [6, 6.07) is 8.51. The van der Waals surface area contributed by atoms with Crippen LogP contribution in [0.15, 0.2) is 30.3 Å². The first-order chi connectivity index (χ1) is 10.4. The lowest BCUT2D eigenvalue weighted by atomic mass is 10.0. The van der Waals surface area contributed by atoms with Crippen LogP contribution in [0.1, 0.15) is 22.3 Å². The van der Waals surface area contributed by atoms with E-state index in [9.17, 15) is 10.1 Å². The number of non-ortho nitro benzene ring substituents is 1. The largest absolute Gasteiger partial charge is 0.493 e. The molecular formula is C17H19NO4. The first-order valence-electron chi connectivity index (χ1n) is 6.94. The van der Waals surface area contributed by atoms with Crippen LogP contribution in [-0.2, 0) is 6.61 Å². The Hall–Kier alpha value is -2.56. The predicted molar refractivity (Wildman–Crippen MR) is 84.6 cm³/mol. The van der Waals surface area contributed by atoms with E-state index in [0.29, 0.717) is 18.1 Å². The van der Waals surface area contributed by atoms with Gasteiger partial charge in [0.1, 0.15) is 6.61 Å². The highest BCUT2D eigenvalue weighted by Crippen LogP contribution is 2.32. The molecule has 5 heteroatoms. The summed E-state index contributed by atoms with van der Waals surface area (Å²) in [6.07, 6.45) is 0. The van der Waals surface area contributed by atoms with Crippen LogP contribution in [-0.4, -0.2) is 12.0 Å². The number of nitro groups is 1. The van der Waals surface area contributed by atoms with Crippen LogP contribution >= 0.6 is 0 Å². The molecule has 0 aliphatic carbocycles. The monoisotopic (exact) mass is 301 g/mol. The lowest BCUT2D eigenvalue weighted by Gasteiger charge is -2.14. The van der Waals surface area contributed by atoms with Crippen molar-refractivity contribution < 1.29 is 14.4 Å². The zero-order valence-corrected chi connectivity index (χ0v) is 13.2. The Labute approximate surface area is 129 Å². The zero-order chi connectivity index (χ0) is 16.3. The molecule has 22 heavy (non-hydrogen) atoms. The smallest absolute Gasteiger partial charge is 0.273 e. The summed E-state index contributed by atoms with van der Waals surface area (Å²) >= 11 is 0. The molecule has 0 bridgehead atoms. The van der Waals surface area contributed by atoms with Crippen molar-refractivity contribution in [3.63, 3.8) is 0 Å². The van der Waals surface area contributed by atoms with Crippen LogP contribution in [0.3, 0.4) is 0 Å². The van der Waals surface area contributed by atoms with Crippen LogP contribution in [0.5, 0.6) is 11.5 Å². The lowest BCUT2D eigenvalue weighted by Crippen LogP contribution is -2.03. The highest BCUT2D eigenvalue weighted by molar-refractivity contribution is 5.49. The molecule has 116 valence electrons. The molecule has 5 nitrogen and oxygen atoms in total. The van der Waals surface area contributed by atoms with Gasteiger partial charge in [-0.3, -0.25) is 10.1 Å². The Kier molecular flexibility index (Phi) is 4.65. The van der Waals surface area contributed by atoms with Gasteiger partial charge in [0.25, 0.3) is 5.69 Å². The fourth-order valence-electron chi connectivity index (χ4n) is 2.48. The number of nitro benzene ring substituents is 1. The minimum Gasteiger partial charge on any atom is -0.493 e. The molecule has 2 rings (SSSR count). The topological polar surface area (TPSA) is 61.6 Å². The number of hydrogen-bond donors (Lipinski definition) is 0. The molecule has 0 aliphatic rings. The molecule has 0 heterocycles. The van der Waals surface area contributed by atoms with Crippen molar-refractivity contribution in [1.29, 1.82) is 0 Å². The summed E-state index contributed by atoms with van der Waals surface area (Å²) in [5, 5.41) is 10.9. The van der Waals surface area contributed by atoms with Gasteiger partial charge < -0.3 is 9.47 Å². The molecule has 0 spiro atoms. The van der Waals surface area contributed by atoms with Crippen LogP contribution in [0.25, 0.3) is 0 Å². The molecule has 2 aromatic carbocycles. The van der Waals surface area contributed by atoms with Gasteiger partial charge in [0.2, 0.25) is 0 Å². The molecule has 0 saturated heterocycles. The third-order valence-electron chi connectivity index (χ3n) is 3.57. The van der Waals surface area contributed by atoms with E-state index in [1.165, 1.54) is 24.8 Å². The van der Waals surface area contributed by atoms with Crippen molar-refractivity contribution in [2.45, 2.75) is 27.4 Å². The van der Waals surface area contributed by atoms with E-state index < -0.39 is 4.92 Å². The second kappa shape index (κ2) is 6.47. The number of methoxy groups -OCH3 is 1. The number of nitrogens with zero attached hydrogens (tertiary/aromatic N) is 1. The quantitative estimate of drug-likeness (QED) is 0.616. The van der Waals surface area contributed by atoms with Crippen molar-refractivity contribution >= 4 is 5.69 Å². The first-order valence-corrected chi connectivity index (χ1v) is 6.94. The number of benzene rings is 2. The van der Waals surface area contributed by atoms with E-state index in [4.69, 9.17) is 9.47 Å². The summed E-state index contributed by atoms with van der Waals surface area (Å²) in [4.78, 5) is 10.4. The fourth-order valence-corrected chi connectivity index (χ4v) is 2.48. The molecule has 0 amide bonds. The van der Waals surface area contributed by atoms with Gasteiger partial charge in [-0.15, -0.1) is 0 Å². The van der Waals surface area contributed by atoms with E-state index in [1.54, 1.807) is 6.07 Å². The van der Waals surface area contributed by atoms with Crippen molar-refractivity contribution in [2.24, 2.45) is 0 Å². The number of hydrogen-bond acceptors (Lipinski definition) is 4. The summed E-state index contributed by atoms with van der Waals surface area (Å²) in [5.74, 6) is 0.851. The Balaban J connectivity index is 2.28. The fraction of sp³-hybridized carbons (Fsp3) is 0.294. The van der Waals surface area contributed by atoms with E-state index in [2.05, 4.69) is 12.1 Å². The van der Waals surface area contributed by atoms with Gasteiger partial charge in [-0.1, -0.05) is 17.7 Å². The van der Waals surface area contributed by atoms with Crippen LogP contribution < -0.4 is 9.47 Å². The normalized spacial score (nSPS) is 10.4. The molecule has 0 atom stereocenters. The zero-order valence-electron chi connectivity index (χ0n) is 13.2. The summed E-state index contributed by atoms with van der Waals surface area (Å²) in [7, 11) is 1.51. The molecule has 0 aromatic heterocycles. The van der Waals surface area contributed by atoms with Crippen LogP contribution in [0.2, 0.25) is 0 Å². The SMILES string of the molecule is COc1ccc([N+](=O)[O-])cc1OCc1c(C)cc(C)cc1C. The Morgan fingerprint density at radius 3 is 2.23 bits per heavy atom. The summed E-state index contributed by atoms with van der Waals surface area (Å²) in [6.45, 7) is 6.45. The molecule has 0 fully saturated rings. The summed E-state index contributed by atoms with van der Waals surface area (Å²) < 4.78 is 11.0. The maximum Gasteiger partial charge on any atom is 0.273 e. The van der Waals surface area contributed by atoms with Crippen molar-refractivity contribution in [2.75, 3.05) is 7.11 Å². The van der Waals surface area contributed by atoms with Gasteiger partial charge in [-0.2, -0.15) is 0 Å². The minimum atomic E-state index is -0.450. The molecule has 0 aliphatic heterocycles. The maximum absolute atomic E-state index is 10.9. The standard InChI is InChI=1S/C17H19NO4/c1-11-7-12(2)15(13(3)8-11)10-22-17-9-14(18(19)20)5-6-16(17)21-4/h5-9H,10H2,1-4H3. The lowest BCUT2D eigenvalue weighted by molar-refractivity contribution is -0.385. The molecule has 2 aromatic rings. The Morgan fingerprint density at radius 2 is 1.68 bits per heavy atom. The molecule has 0 saturated carbocycles. The molecule has 0 radical (unpaired) electrons. The van der Waals surface area contributed by atoms with E-state index >= 15 is 0 Å². The second-order valence-electron chi connectivity index (χ2n) is 5.26. The van der Waals surface area contributed by atoms with E-state index in [-0.39, 0.29) is 5.69 Å². The van der Waals surface area contributed by atoms with E-state index in [0.717, 1.165) is 16.7 Å². The van der Waals surface area contributed by atoms with Crippen molar-refractivity contribution in [3.8, 4) is 11.5 Å². The third kappa shape index (κ3) is 3.36. The van der Waals surface area contributed by atoms with Gasteiger partial charge >= 0.3 is 0 Å². The van der Waals surface area contributed by atoms with Gasteiger partial charge in [0.05, 0.1) is 18.1 Å². The third-order valence-corrected chi connectivity index (χ3v) is 3.57. The van der Waals surface area contributed by atoms with Crippen LogP contribution in [0.4, 0.5) is 5.69 Å². The average molecular weight is 301 g/mol. The molecular weight excluding hydrogens is 282 g/mol. The van der Waals surface area contributed by atoms with Crippen molar-refractivity contribution in [3.05, 3.63) is 62.7 Å². The first kappa shape index (κ1) is 15.8. The Bertz CT molecular complexity index is 687. The van der Waals surface area contributed by atoms with Crippen LogP contribution in [0, 0.1) is 30.9 Å². The number of aryl methyl sites for hydroxylation is 3. The van der Waals surface area contributed by atoms with Gasteiger partial charge in [-0.25, -0.2) is 0 Å². The molecule has 0 N–H and O–H groups in total. The number of rotatable bonds is 5. The van der Waals surface area contributed by atoms with E-state index in [1.807, 2.05) is 20.8 Å². The second-order valence-corrected chi connectivity index (χ2v) is 5.26. The minimum absolute atomic E-state index is 0.0202. The number of ether oxygens (including phenoxy) is 2. The van der Waals surface area contributed by atoms with Gasteiger partial charge in [-0.05, 0) is 43.5 Å². The highest BCUT2D eigenvalue weighted by Gasteiger charge is 2.13. The maximum atomic E-state index is 10.9. The van der Waals surface area contributed by atoms with Gasteiger partial charge in [0.15, 0.2) is 11.5 Å². The Morgan fingerprint density at radius 1 is 1.05 bits per heavy atom. The predicted octanol–water partition coefficient (Wildman–Crippen LogP) is 4.11. The van der Waals surface area contributed by atoms with Gasteiger partial charge in [0, 0.05) is 6.07 Å². The molecule has 0 unspecified atom stereocenters. The van der Waals surface area contributed by atoms with Crippen molar-refractivity contribution in [1.82, 2.24) is 0 Å². The highest BCUT2D eigenvalue weighted by atomic mass is 16.6. The summed E-state index contributed by atoms with van der Waals surface area (Å²) in [5.41, 5.74) is 4.54. The average Bonchev–Trinajstić information content (AvgIpc) is 2.45.